The molecule has 0 unspecified atom stereocenters. The number of aliphatic imine (C=N–C) groups is 1. The van der Waals surface area contributed by atoms with Gasteiger partial charge in [-0.05, 0) is 80.8 Å². The average molecular weight is 386 g/mol. The fraction of sp³-hybridized carbons (Fsp3) is 0.208. The van der Waals surface area contributed by atoms with Gasteiger partial charge in [0.25, 0.3) is 5.91 Å². The van der Waals surface area contributed by atoms with Crippen LogP contribution in [0.1, 0.15) is 38.2 Å². The van der Waals surface area contributed by atoms with Gasteiger partial charge in [-0.3, -0.25) is 15.1 Å². The van der Waals surface area contributed by atoms with Crippen LogP contribution >= 0.6 is 0 Å². The van der Waals surface area contributed by atoms with E-state index in [1.54, 1.807) is 12.4 Å². The summed E-state index contributed by atoms with van der Waals surface area (Å²) in [6, 6.07) is 15.8. The summed E-state index contributed by atoms with van der Waals surface area (Å²) in [6.45, 7) is 8.48. The monoisotopic (exact) mass is 386 g/mol. The number of carbonyl (C=O) groups excluding carboxylic acids is 1. The van der Waals surface area contributed by atoms with Crippen molar-refractivity contribution in [1.82, 2.24) is 10.3 Å². The van der Waals surface area contributed by atoms with E-state index in [1.807, 2.05) is 70.2 Å². The fourth-order valence-electron chi connectivity index (χ4n) is 3.24. The molecular formula is C24H26N4O. The lowest BCUT2D eigenvalue weighted by molar-refractivity contribution is 0.0976. The Kier molecular flexibility index (Phi) is 6.39. The molecule has 5 nitrogen and oxygen atoms in total. The van der Waals surface area contributed by atoms with Crippen LogP contribution < -0.4 is 10.6 Å². The van der Waals surface area contributed by atoms with Crippen molar-refractivity contribution in [1.29, 1.82) is 0 Å². The molecule has 1 heterocycles. The van der Waals surface area contributed by atoms with Gasteiger partial charge in [-0.15, -0.1) is 0 Å². The van der Waals surface area contributed by atoms with E-state index in [0.717, 1.165) is 33.5 Å². The Bertz CT molecular complexity index is 1000. The van der Waals surface area contributed by atoms with E-state index in [0.29, 0.717) is 18.1 Å². The third-order valence-electron chi connectivity index (χ3n) is 4.37. The second kappa shape index (κ2) is 9.15. The highest BCUT2D eigenvalue weighted by molar-refractivity contribution is 6.10. The molecule has 0 aliphatic carbocycles. The lowest BCUT2D eigenvalue weighted by Crippen LogP contribution is -2.36. The van der Waals surface area contributed by atoms with E-state index >= 15 is 0 Å². The molecule has 0 atom stereocenters. The van der Waals surface area contributed by atoms with Crippen LogP contribution in [0.5, 0.6) is 0 Å². The first-order chi connectivity index (χ1) is 13.9. The van der Waals surface area contributed by atoms with Crippen LogP contribution in [0, 0.1) is 27.7 Å². The number of benzene rings is 2. The van der Waals surface area contributed by atoms with Crippen molar-refractivity contribution in [3.8, 4) is 0 Å². The van der Waals surface area contributed by atoms with Gasteiger partial charge in [-0.1, -0.05) is 23.3 Å². The molecular weight excluding hydrogens is 360 g/mol. The molecule has 0 bridgehead atoms. The summed E-state index contributed by atoms with van der Waals surface area (Å²) in [6.07, 6.45) is 3.46. The van der Waals surface area contributed by atoms with Crippen molar-refractivity contribution in [3.05, 3.63) is 94.3 Å². The number of nitrogens with zero attached hydrogens (tertiary/aromatic N) is 2. The minimum Gasteiger partial charge on any atom is -0.326 e. The molecule has 0 spiro atoms. The fourth-order valence-corrected chi connectivity index (χ4v) is 3.24. The summed E-state index contributed by atoms with van der Waals surface area (Å²) in [5.74, 6) is 0.220. The van der Waals surface area contributed by atoms with Crippen molar-refractivity contribution >= 4 is 17.6 Å². The number of nitrogens with one attached hydrogen (secondary N) is 2. The van der Waals surface area contributed by atoms with Crippen LogP contribution in [0.15, 0.2) is 65.9 Å². The molecule has 0 saturated carbocycles. The molecule has 1 amide bonds. The van der Waals surface area contributed by atoms with Gasteiger partial charge in [-0.25, -0.2) is 4.99 Å². The average Bonchev–Trinajstić information content (AvgIpc) is 2.65. The van der Waals surface area contributed by atoms with Gasteiger partial charge in [0.1, 0.15) is 0 Å². The Hall–Kier alpha value is -3.47. The third kappa shape index (κ3) is 6.01. The van der Waals surface area contributed by atoms with Crippen LogP contribution in [-0.4, -0.2) is 16.9 Å². The molecule has 2 aromatic carbocycles. The molecule has 3 aromatic rings. The molecule has 5 heteroatoms. The maximum absolute atomic E-state index is 12.9. The highest BCUT2D eigenvalue weighted by Crippen LogP contribution is 2.14. The summed E-state index contributed by atoms with van der Waals surface area (Å²) in [7, 11) is 0. The number of hydrogen-bond donors (Lipinski definition) is 2. The Morgan fingerprint density at radius 1 is 0.862 bits per heavy atom. The number of rotatable bonds is 4. The Morgan fingerprint density at radius 3 is 2.00 bits per heavy atom. The summed E-state index contributed by atoms with van der Waals surface area (Å²) >= 11 is 0. The van der Waals surface area contributed by atoms with Gasteiger partial charge in [0.2, 0.25) is 5.96 Å². The number of carbonyl (C=O) groups is 1. The van der Waals surface area contributed by atoms with Crippen molar-refractivity contribution in [3.63, 3.8) is 0 Å². The Balaban J connectivity index is 1.85. The number of pyridine rings is 1. The van der Waals surface area contributed by atoms with Gasteiger partial charge in [0, 0.05) is 23.6 Å². The zero-order chi connectivity index (χ0) is 20.8. The van der Waals surface area contributed by atoms with Crippen LogP contribution in [0.4, 0.5) is 5.69 Å². The zero-order valence-electron chi connectivity index (χ0n) is 17.3. The van der Waals surface area contributed by atoms with Crippen LogP contribution in [-0.2, 0) is 6.54 Å². The summed E-state index contributed by atoms with van der Waals surface area (Å²) in [5, 5.41) is 6.19. The number of anilines is 1. The quantitative estimate of drug-likeness (QED) is 0.504. The highest BCUT2D eigenvalue weighted by Gasteiger charge is 2.11. The normalized spacial score (nSPS) is 11.2. The maximum atomic E-state index is 12.9. The lowest BCUT2D eigenvalue weighted by Gasteiger charge is -2.14. The highest BCUT2D eigenvalue weighted by atomic mass is 16.1. The number of hydrogen-bond acceptors (Lipinski definition) is 3. The zero-order valence-corrected chi connectivity index (χ0v) is 17.3. The van der Waals surface area contributed by atoms with E-state index < -0.39 is 0 Å². The standard InChI is InChI=1S/C24H26N4O/c1-16-9-17(2)12-21(11-16)23(29)28-24(26-15-20-5-7-25-8-6-20)27-22-13-18(3)10-19(4)14-22/h5-14H,15H2,1-4H3,(H2,26,27,28,29). The lowest BCUT2D eigenvalue weighted by atomic mass is 10.1. The van der Waals surface area contributed by atoms with E-state index in [-0.39, 0.29) is 5.91 Å². The van der Waals surface area contributed by atoms with Gasteiger partial charge >= 0.3 is 0 Å². The molecule has 2 N–H and O–H groups in total. The van der Waals surface area contributed by atoms with Gasteiger partial charge in [0.15, 0.2) is 0 Å². The van der Waals surface area contributed by atoms with Crippen molar-refractivity contribution in [2.75, 3.05) is 5.32 Å². The van der Waals surface area contributed by atoms with Crippen LogP contribution in [0.25, 0.3) is 0 Å². The molecule has 148 valence electrons. The molecule has 1 aromatic heterocycles. The predicted octanol–water partition coefficient (Wildman–Crippen LogP) is 4.71. The first kappa shape index (κ1) is 20.3. The second-order valence-corrected chi connectivity index (χ2v) is 7.35. The molecule has 0 radical (unpaired) electrons. The van der Waals surface area contributed by atoms with Gasteiger partial charge < -0.3 is 5.32 Å². The Morgan fingerprint density at radius 2 is 1.41 bits per heavy atom. The van der Waals surface area contributed by atoms with Gasteiger partial charge in [0.05, 0.1) is 6.54 Å². The van der Waals surface area contributed by atoms with E-state index in [1.165, 1.54) is 0 Å². The predicted molar refractivity (Wildman–Crippen MR) is 118 cm³/mol. The molecule has 3 rings (SSSR count). The first-order valence-corrected chi connectivity index (χ1v) is 9.57. The van der Waals surface area contributed by atoms with Crippen molar-refractivity contribution in [2.24, 2.45) is 4.99 Å². The SMILES string of the molecule is Cc1cc(C)cc(NC(=NCc2ccncc2)NC(=O)c2cc(C)cc(C)c2)c1. The maximum Gasteiger partial charge on any atom is 0.257 e. The first-order valence-electron chi connectivity index (χ1n) is 9.57. The molecule has 29 heavy (non-hydrogen) atoms. The number of aryl methyl sites for hydroxylation is 4. The number of guanidine groups is 1. The molecule has 0 aliphatic heterocycles. The second-order valence-electron chi connectivity index (χ2n) is 7.35. The smallest absolute Gasteiger partial charge is 0.257 e. The van der Waals surface area contributed by atoms with E-state index in [9.17, 15) is 4.79 Å². The van der Waals surface area contributed by atoms with Gasteiger partial charge in [-0.2, -0.15) is 0 Å². The minimum atomic E-state index is -0.192. The van der Waals surface area contributed by atoms with Crippen molar-refractivity contribution in [2.45, 2.75) is 34.2 Å². The summed E-state index contributed by atoms with van der Waals surface area (Å²) in [5.41, 5.74) is 6.89. The number of aromatic nitrogens is 1. The molecule has 0 aliphatic rings. The molecule has 0 saturated heterocycles. The van der Waals surface area contributed by atoms with Crippen LogP contribution in [0.3, 0.4) is 0 Å². The van der Waals surface area contributed by atoms with E-state index in [2.05, 4.69) is 26.7 Å². The van der Waals surface area contributed by atoms with E-state index in [4.69, 9.17) is 0 Å². The van der Waals surface area contributed by atoms with Crippen LogP contribution in [0.2, 0.25) is 0 Å². The largest absolute Gasteiger partial charge is 0.326 e. The topological polar surface area (TPSA) is 66.4 Å². The summed E-state index contributed by atoms with van der Waals surface area (Å²) < 4.78 is 0. The molecule has 0 fully saturated rings. The number of amides is 1. The Labute approximate surface area is 171 Å². The minimum absolute atomic E-state index is 0.192. The summed E-state index contributed by atoms with van der Waals surface area (Å²) in [4.78, 5) is 21.5. The third-order valence-corrected chi connectivity index (χ3v) is 4.37. The van der Waals surface area contributed by atoms with Crippen molar-refractivity contribution < 1.29 is 4.79 Å².